The second kappa shape index (κ2) is 7.05. The zero-order chi connectivity index (χ0) is 14.7. The average molecular weight is 387 g/mol. The molecular weight excluding hydrogens is 361 g/mol. The lowest BCUT2D eigenvalue weighted by Gasteiger charge is -2.16. The van der Waals surface area contributed by atoms with Gasteiger partial charge in [-0.3, -0.25) is 0 Å². The Hall–Kier alpha value is -0.390. The topological polar surface area (TPSA) is 37.8 Å². The number of anilines is 1. The molecule has 112 valence electrons. The number of nitrogens with zero attached hydrogens (tertiary/aromatic N) is 2. The first-order valence-corrected chi connectivity index (χ1v) is 8.89. The maximum Gasteiger partial charge on any atom is 0.143 e. The van der Waals surface area contributed by atoms with Crippen molar-refractivity contribution in [1.29, 1.82) is 0 Å². The van der Waals surface area contributed by atoms with Crippen molar-refractivity contribution in [2.45, 2.75) is 59.3 Å². The number of aromatic nitrogens is 2. The lowest BCUT2D eigenvalue weighted by molar-refractivity contribution is 0.577. The van der Waals surface area contributed by atoms with E-state index in [-0.39, 0.29) is 0 Å². The summed E-state index contributed by atoms with van der Waals surface area (Å²) in [6, 6.07) is 0. The first kappa shape index (κ1) is 16.0. The summed E-state index contributed by atoms with van der Waals surface area (Å²) in [5.74, 6) is 4.11. The Kier molecular flexibility index (Phi) is 5.64. The van der Waals surface area contributed by atoms with Gasteiger partial charge in [-0.05, 0) is 67.0 Å². The highest BCUT2D eigenvalue weighted by atomic mass is 127. The third kappa shape index (κ3) is 3.83. The molecule has 2 atom stereocenters. The predicted molar refractivity (Wildman–Crippen MR) is 93.2 cm³/mol. The van der Waals surface area contributed by atoms with Crippen molar-refractivity contribution in [3.8, 4) is 0 Å². The van der Waals surface area contributed by atoms with Crippen LogP contribution < -0.4 is 5.32 Å². The van der Waals surface area contributed by atoms with Crippen LogP contribution in [0.5, 0.6) is 0 Å². The van der Waals surface area contributed by atoms with Crippen LogP contribution in [-0.4, -0.2) is 16.5 Å². The molecule has 0 bridgehead atoms. The quantitative estimate of drug-likeness (QED) is 0.750. The fourth-order valence-corrected chi connectivity index (χ4v) is 3.60. The normalized spacial score (nSPS) is 22.5. The van der Waals surface area contributed by atoms with Crippen LogP contribution >= 0.6 is 22.6 Å². The maximum absolute atomic E-state index is 4.91. The van der Waals surface area contributed by atoms with Crippen molar-refractivity contribution in [3.05, 3.63) is 15.1 Å². The van der Waals surface area contributed by atoms with Gasteiger partial charge < -0.3 is 5.32 Å². The molecule has 0 amide bonds. The second-order valence-electron chi connectivity index (χ2n) is 6.43. The fourth-order valence-electron chi connectivity index (χ4n) is 2.94. The SMILES string of the molecule is CCNc1nc(C2CCC(C)C2)nc(CC(C)C)c1I. The van der Waals surface area contributed by atoms with Gasteiger partial charge in [-0.15, -0.1) is 0 Å². The molecule has 0 radical (unpaired) electrons. The molecule has 2 unspecified atom stereocenters. The fraction of sp³-hybridized carbons (Fsp3) is 0.750. The molecule has 2 rings (SSSR count). The van der Waals surface area contributed by atoms with E-state index in [1.54, 1.807) is 0 Å². The van der Waals surface area contributed by atoms with Gasteiger partial charge in [0.1, 0.15) is 11.6 Å². The molecule has 4 heteroatoms. The van der Waals surface area contributed by atoms with E-state index in [2.05, 4.69) is 55.6 Å². The molecule has 0 saturated heterocycles. The first-order valence-electron chi connectivity index (χ1n) is 7.81. The number of hydrogen-bond donors (Lipinski definition) is 1. The zero-order valence-electron chi connectivity index (χ0n) is 13.0. The third-order valence-corrected chi connectivity index (χ3v) is 5.08. The maximum atomic E-state index is 4.91. The molecule has 1 saturated carbocycles. The minimum atomic E-state index is 0.560. The lowest BCUT2D eigenvalue weighted by Crippen LogP contribution is -2.13. The summed E-state index contributed by atoms with van der Waals surface area (Å²) >= 11 is 2.39. The van der Waals surface area contributed by atoms with Crippen LogP contribution in [0.25, 0.3) is 0 Å². The van der Waals surface area contributed by atoms with Crippen LogP contribution in [0.15, 0.2) is 0 Å². The van der Waals surface area contributed by atoms with Crippen LogP contribution in [0.3, 0.4) is 0 Å². The number of hydrogen-bond acceptors (Lipinski definition) is 3. The number of nitrogens with one attached hydrogen (secondary N) is 1. The van der Waals surface area contributed by atoms with E-state index in [0.717, 1.165) is 30.5 Å². The Balaban J connectivity index is 2.33. The van der Waals surface area contributed by atoms with Gasteiger partial charge >= 0.3 is 0 Å². The molecule has 1 aliphatic rings. The van der Waals surface area contributed by atoms with Crippen LogP contribution in [0.2, 0.25) is 0 Å². The molecule has 0 aliphatic heterocycles. The second-order valence-corrected chi connectivity index (χ2v) is 7.51. The Bertz CT molecular complexity index is 459. The van der Waals surface area contributed by atoms with E-state index < -0.39 is 0 Å². The van der Waals surface area contributed by atoms with Gasteiger partial charge in [-0.1, -0.05) is 20.8 Å². The monoisotopic (exact) mass is 387 g/mol. The van der Waals surface area contributed by atoms with Gasteiger partial charge in [-0.2, -0.15) is 0 Å². The van der Waals surface area contributed by atoms with Crippen molar-refractivity contribution in [2.24, 2.45) is 11.8 Å². The van der Waals surface area contributed by atoms with Crippen molar-refractivity contribution < 1.29 is 0 Å². The molecule has 20 heavy (non-hydrogen) atoms. The Labute approximate surface area is 136 Å². The van der Waals surface area contributed by atoms with Crippen molar-refractivity contribution in [2.75, 3.05) is 11.9 Å². The number of rotatable bonds is 5. The predicted octanol–water partition coefficient (Wildman–Crippen LogP) is 4.62. The largest absolute Gasteiger partial charge is 0.369 e. The van der Waals surface area contributed by atoms with Gasteiger partial charge in [0.25, 0.3) is 0 Å². The minimum Gasteiger partial charge on any atom is -0.369 e. The van der Waals surface area contributed by atoms with Crippen LogP contribution in [0.1, 0.15) is 64.4 Å². The minimum absolute atomic E-state index is 0.560. The summed E-state index contributed by atoms with van der Waals surface area (Å²) in [7, 11) is 0. The molecule has 0 spiro atoms. The Morgan fingerprint density at radius 2 is 2.05 bits per heavy atom. The summed E-state index contributed by atoms with van der Waals surface area (Å²) in [5, 5.41) is 3.41. The Morgan fingerprint density at radius 3 is 2.60 bits per heavy atom. The lowest BCUT2D eigenvalue weighted by atomic mass is 10.0. The average Bonchev–Trinajstić information content (AvgIpc) is 2.80. The standard InChI is InChI=1S/C16H26IN3/c1-5-18-16-14(17)13(8-10(2)3)19-15(20-16)12-7-6-11(4)9-12/h10-12H,5-9H2,1-4H3,(H,18,19,20). The van der Waals surface area contributed by atoms with Crippen LogP contribution in [0.4, 0.5) is 5.82 Å². The van der Waals surface area contributed by atoms with Crippen LogP contribution in [-0.2, 0) is 6.42 Å². The van der Waals surface area contributed by atoms with Gasteiger partial charge in [0.15, 0.2) is 0 Å². The Morgan fingerprint density at radius 1 is 1.30 bits per heavy atom. The summed E-state index contributed by atoms with van der Waals surface area (Å²) in [6.07, 6.45) is 4.84. The van der Waals surface area contributed by atoms with E-state index in [1.807, 2.05) is 0 Å². The van der Waals surface area contributed by atoms with Gasteiger partial charge in [-0.25, -0.2) is 9.97 Å². The van der Waals surface area contributed by atoms with Crippen molar-refractivity contribution in [1.82, 2.24) is 9.97 Å². The molecular formula is C16H26IN3. The molecule has 0 aromatic carbocycles. The van der Waals surface area contributed by atoms with Gasteiger partial charge in [0.2, 0.25) is 0 Å². The molecule has 1 fully saturated rings. The summed E-state index contributed by atoms with van der Waals surface area (Å²) in [6.45, 7) is 9.88. The van der Waals surface area contributed by atoms with E-state index in [0.29, 0.717) is 11.8 Å². The molecule has 1 N–H and O–H groups in total. The van der Waals surface area contributed by atoms with Crippen molar-refractivity contribution >= 4 is 28.4 Å². The first-order chi connectivity index (χ1) is 9.51. The number of halogens is 1. The van der Waals surface area contributed by atoms with E-state index >= 15 is 0 Å². The van der Waals surface area contributed by atoms with Crippen molar-refractivity contribution in [3.63, 3.8) is 0 Å². The highest BCUT2D eigenvalue weighted by Crippen LogP contribution is 2.37. The molecule has 1 aromatic rings. The molecule has 3 nitrogen and oxygen atoms in total. The van der Waals surface area contributed by atoms with E-state index in [4.69, 9.17) is 9.97 Å². The molecule has 1 heterocycles. The molecule has 1 aromatic heterocycles. The summed E-state index contributed by atoms with van der Waals surface area (Å²) in [4.78, 5) is 9.73. The highest BCUT2D eigenvalue weighted by molar-refractivity contribution is 14.1. The highest BCUT2D eigenvalue weighted by Gasteiger charge is 2.26. The summed E-state index contributed by atoms with van der Waals surface area (Å²) in [5.41, 5.74) is 1.22. The van der Waals surface area contributed by atoms with Gasteiger partial charge in [0, 0.05) is 12.5 Å². The zero-order valence-corrected chi connectivity index (χ0v) is 15.2. The smallest absolute Gasteiger partial charge is 0.143 e. The van der Waals surface area contributed by atoms with Gasteiger partial charge in [0.05, 0.1) is 9.26 Å². The molecule has 1 aliphatic carbocycles. The van der Waals surface area contributed by atoms with E-state index in [9.17, 15) is 0 Å². The van der Waals surface area contributed by atoms with E-state index in [1.165, 1.54) is 28.5 Å². The summed E-state index contributed by atoms with van der Waals surface area (Å²) < 4.78 is 1.20. The third-order valence-electron chi connectivity index (χ3n) is 3.94. The van der Waals surface area contributed by atoms with Crippen LogP contribution in [0, 0.1) is 15.4 Å².